The van der Waals surface area contributed by atoms with Crippen LogP contribution in [0.5, 0.6) is 0 Å². The third-order valence-electron chi connectivity index (χ3n) is 3.70. The van der Waals surface area contributed by atoms with Gasteiger partial charge in [0.1, 0.15) is 0 Å². The van der Waals surface area contributed by atoms with E-state index in [9.17, 15) is 4.79 Å². The molecule has 0 spiro atoms. The first kappa shape index (κ1) is 12.0. The number of carbonyl (C=O) groups excluding carboxylic acids is 1. The first-order valence-corrected chi connectivity index (χ1v) is 6.69. The maximum absolute atomic E-state index is 11.2. The van der Waals surface area contributed by atoms with Gasteiger partial charge in [-0.3, -0.25) is 4.79 Å². The molecule has 0 N–H and O–H groups in total. The fraction of sp³-hybridized carbons (Fsp3) is 0.235. The molecular weight excluding hydrogens is 234 g/mol. The van der Waals surface area contributed by atoms with Gasteiger partial charge in [-0.1, -0.05) is 37.3 Å². The predicted molar refractivity (Wildman–Crippen MR) is 78.1 cm³/mol. The Hall–Kier alpha value is -2.09. The molecule has 0 amide bonds. The van der Waals surface area contributed by atoms with Gasteiger partial charge < -0.3 is 4.90 Å². The molecule has 1 heterocycles. The van der Waals surface area contributed by atoms with E-state index in [-0.39, 0.29) is 0 Å². The van der Waals surface area contributed by atoms with E-state index in [1.807, 2.05) is 24.3 Å². The van der Waals surface area contributed by atoms with E-state index in [4.69, 9.17) is 0 Å². The van der Waals surface area contributed by atoms with Gasteiger partial charge in [0.25, 0.3) is 0 Å². The van der Waals surface area contributed by atoms with Crippen LogP contribution < -0.4 is 4.90 Å². The van der Waals surface area contributed by atoms with Gasteiger partial charge in [0.05, 0.1) is 5.69 Å². The van der Waals surface area contributed by atoms with Gasteiger partial charge in [-0.15, -0.1) is 0 Å². The van der Waals surface area contributed by atoms with Crippen LogP contribution in [0.3, 0.4) is 0 Å². The average Bonchev–Trinajstić information content (AvgIpc) is 2.46. The summed E-state index contributed by atoms with van der Waals surface area (Å²) >= 11 is 0. The molecule has 0 bridgehead atoms. The van der Waals surface area contributed by atoms with E-state index < -0.39 is 0 Å². The number of benzene rings is 2. The highest BCUT2D eigenvalue weighted by atomic mass is 16.1. The predicted octanol–water partition coefficient (Wildman–Crippen LogP) is 3.83. The van der Waals surface area contributed by atoms with Crippen LogP contribution in [0.1, 0.15) is 22.8 Å². The molecule has 1 aliphatic rings. The zero-order chi connectivity index (χ0) is 13.2. The first-order valence-electron chi connectivity index (χ1n) is 6.69. The molecule has 0 saturated carbocycles. The van der Waals surface area contributed by atoms with Crippen LogP contribution in [0, 0.1) is 5.92 Å². The highest BCUT2D eigenvalue weighted by Gasteiger charge is 2.23. The summed E-state index contributed by atoms with van der Waals surface area (Å²) in [6.07, 6.45) is 2.05. The number of nitrogens with zero attached hydrogens (tertiary/aromatic N) is 1. The van der Waals surface area contributed by atoms with Crippen molar-refractivity contribution in [2.75, 3.05) is 11.4 Å². The monoisotopic (exact) mass is 251 g/mol. The van der Waals surface area contributed by atoms with E-state index in [0.717, 1.165) is 30.5 Å². The zero-order valence-corrected chi connectivity index (χ0v) is 11.0. The van der Waals surface area contributed by atoms with Gasteiger partial charge in [-0.2, -0.15) is 0 Å². The van der Waals surface area contributed by atoms with Crippen LogP contribution in [-0.4, -0.2) is 12.8 Å². The Morgan fingerprint density at radius 1 is 1.05 bits per heavy atom. The van der Waals surface area contributed by atoms with Crippen molar-refractivity contribution in [3.05, 3.63) is 59.7 Å². The number of para-hydroxylation sites is 2. The highest BCUT2D eigenvalue weighted by Crippen LogP contribution is 2.36. The number of rotatable bonds is 2. The van der Waals surface area contributed by atoms with Crippen LogP contribution in [0.2, 0.25) is 0 Å². The zero-order valence-electron chi connectivity index (χ0n) is 11.0. The third kappa shape index (κ3) is 2.14. The van der Waals surface area contributed by atoms with Crippen molar-refractivity contribution in [3.8, 4) is 0 Å². The van der Waals surface area contributed by atoms with Crippen LogP contribution in [0.15, 0.2) is 48.5 Å². The molecule has 1 atom stereocenters. The maximum atomic E-state index is 11.2. The lowest BCUT2D eigenvalue weighted by atomic mass is 9.93. The summed E-state index contributed by atoms with van der Waals surface area (Å²) in [5.74, 6) is 0.592. The lowest BCUT2D eigenvalue weighted by molar-refractivity contribution is 0.112. The number of fused-ring (bicyclic) bond motifs is 1. The molecule has 3 rings (SSSR count). The molecule has 0 radical (unpaired) electrons. The van der Waals surface area contributed by atoms with Gasteiger partial charge in [-0.05, 0) is 36.1 Å². The van der Waals surface area contributed by atoms with Crippen LogP contribution in [0.25, 0.3) is 0 Å². The largest absolute Gasteiger partial charge is 0.340 e. The molecule has 96 valence electrons. The minimum Gasteiger partial charge on any atom is -0.340 e. The van der Waals surface area contributed by atoms with Gasteiger partial charge in [0.2, 0.25) is 0 Å². The van der Waals surface area contributed by atoms with E-state index in [0.29, 0.717) is 5.92 Å². The SMILES string of the molecule is CC1Cc2ccccc2N(c2ccccc2C=O)C1. The van der Waals surface area contributed by atoms with Crippen LogP contribution in [0.4, 0.5) is 11.4 Å². The lowest BCUT2D eigenvalue weighted by Gasteiger charge is -2.35. The van der Waals surface area contributed by atoms with Gasteiger partial charge in [0.15, 0.2) is 6.29 Å². The van der Waals surface area contributed by atoms with Crippen molar-refractivity contribution in [1.29, 1.82) is 0 Å². The molecule has 0 aliphatic carbocycles. The smallest absolute Gasteiger partial charge is 0.152 e. The maximum Gasteiger partial charge on any atom is 0.152 e. The highest BCUT2D eigenvalue weighted by molar-refractivity contribution is 5.87. The molecule has 2 nitrogen and oxygen atoms in total. The summed E-state index contributed by atoms with van der Waals surface area (Å²) in [6.45, 7) is 3.22. The van der Waals surface area contributed by atoms with E-state index >= 15 is 0 Å². The molecule has 2 aromatic rings. The second-order valence-corrected chi connectivity index (χ2v) is 5.23. The minimum absolute atomic E-state index is 0.592. The van der Waals surface area contributed by atoms with Crippen molar-refractivity contribution in [2.24, 2.45) is 5.92 Å². The van der Waals surface area contributed by atoms with E-state index in [1.165, 1.54) is 11.3 Å². The molecule has 0 fully saturated rings. The topological polar surface area (TPSA) is 20.3 Å². The van der Waals surface area contributed by atoms with E-state index in [2.05, 4.69) is 36.1 Å². The Kier molecular flexibility index (Phi) is 3.08. The van der Waals surface area contributed by atoms with Crippen LogP contribution in [-0.2, 0) is 6.42 Å². The fourth-order valence-electron chi connectivity index (χ4n) is 2.86. The molecule has 19 heavy (non-hydrogen) atoms. The van der Waals surface area contributed by atoms with Crippen molar-refractivity contribution in [1.82, 2.24) is 0 Å². The number of aldehydes is 1. The van der Waals surface area contributed by atoms with Crippen molar-refractivity contribution in [3.63, 3.8) is 0 Å². The number of hydrogen-bond acceptors (Lipinski definition) is 2. The Balaban J connectivity index is 2.12. The summed E-state index contributed by atoms with van der Waals surface area (Å²) in [7, 11) is 0. The third-order valence-corrected chi connectivity index (χ3v) is 3.70. The summed E-state index contributed by atoms with van der Waals surface area (Å²) in [5.41, 5.74) is 4.36. The first-order chi connectivity index (χ1) is 9.29. The molecular formula is C17H17NO. The Bertz CT molecular complexity index is 606. The molecule has 1 aliphatic heterocycles. The number of carbonyl (C=O) groups is 1. The average molecular weight is 251 g/mol. The summed E-state index contributed by atoms with van der Waals surface area (Å²) < 4.78 is 0. The molecule has 1 unspecified atom stereocenters. The Labute approximate surface area is 113 Å². The van der Waals surface area contributed by atoms with Crippen molar-refractivity contribution >= 4 is 17.7 Å². The standard InChI is InChI=1S/C17H17NO/c1-13-10-14-6-2-4-8-16(14)18(11-13)17-9-5-3-7-15(17)12-19/h2-9,12-13H,10-11H2,1H3. The van der Waals surface area contributed by atoms with Crippen molar-refractivity contribution < 1.29 is 4.79 Å². The Morgan fingerprint density at radius 3 is 2.53 bits per heavy atom. The minimum atomic E-state index is 0.592. The number of hydrogen-bond donors (Lipinski definition) is 0. The number of anilines is 2. The second-order valence-electron chi connectivity index (χ2n) is 5.23. The molecule has 2 heteroatoms. The molecule has 0 saturated heterocycles. The van der Waals surface area contributed by atoms with Gasteiger partial charge >= 0.3 is 0 Å². The lowest BCUT2D eigenvalue weighted by Crippen LogP contribution is -2.31. The van der Waals surface area contributed by atoms with Crippen molar-refractivity contribution in [2.45, 2.75) is 13.3 Å². The normalized spacial score (nSPS) is 17.9. The van der Waals surface area contributed by atoms with E-state index in [1.54, 1.807) is 0 Å². The second kappa shape index (κ2) is 4.88. The Morgan fingerprint density at radius 2 is 1.74 bits per heavy atom. The fourth-order valence-corrected chi connectivity index (χ4v) is 2.86. The van der Waals surface area contributed by atoms with Gasteiger partial charge in [0, 0.05) is 17.8 Å². The van der Waals surface area contributed by atoms with Gasteiger partial charge in [-0.25, -0.2) is 0 Å². The summed E-state index contributed by atoms with van der Waals surface area (Å²) in [4.78, 5) is 13.5. The summed E-state index contributed by atoms with van der Waals surface area (Å²) in [6, 6.07) is 16.3. The molecule has 0 aromatic heterocycles. The van der Waals surface area contributed by atoms with Crippen LogP contribution >= 0.6 is 0 Å². The summed E-state index contributed by atoms with van der Waals surface area (Å²) in [5, 5.41) is 0. The molecule has 2 aromatic carbocycles. The quantitative estimate of drug-likeness (QED) is 0.756.